The van der Waals surface area contributed by atoms with Crippen LogP contribution in [0.3, 0.4) is 0 Å². The van der Waals surface area contributed by atoms with Gasteiger partial charge in [0.1, 0.15) is 5.75 Å². The number of carbonyl (C=O) groups is 1. The van der Waals surface area contributed by atoms with E-state index in [1.54, 1.807) is 0 Å². The Morgan fingerprint density at radius 3 is 2.85 bits per heavy atom. The maximum Gasteiger partial charge on any atom is 0.251 e. The molecule has 5 nitrogen and oxygen atoms in total. The van der Waals surface area contributed by atoms with Crippen molar-refractivity contribution >= 4 is 16.8 Å². The monoisotopic (exact) mass is 443 g/mol. The lowest BCUT2D eigenvalue weighted by atomic mass is 9.91. The predicted molar refractivity (Wildman–Crippen MR) is 132 cm³/mol. The number of likely N-dealkylation sites (tertiary alicyclic amines) is 1. The first-order valence-electron chi connectivity index (χ1n) is 12.4. The first-order valence-corrected chi connectivity index (χ1v) is 12.4. The van der Waals surface area contributed by atoms with Crippen LogP contribution in [0.1, 0.15) is 47.3 Å². The zero-order chi connectivity index (χ0) is 22.5. The van der Waals surface area contributed by atoms with Crippen molar-refractivity contribution in [2.75, 3.05) is 32.8 Å². The number of ether oxygens (including phenoxy) is 1. The molecule has 1 fully saturated rings. The van der Waals surface area contributed by atoms with Crippen molar-refractivity contribution in [2.24, 2.45) is 5.92 Å². The van der Waals surface area contributed by atoms with E-state index in [0.29, 0.717) is 6.61 Å². The third-order valence-corrected chi connectivity index (χ3v) is 6.98. The van der Waals surface area contributed by atoms with Crippen LogP contribution in [-0.4, -0.2) is 48.6 Å². The maximum atomic E-state index is 12.1. The smallest absolute Gasteiger partial charge is 0.251 e. The summed E-state index contributed by atoms with van der Waals surface area (Å²) in [7, 11) is 0. The minimum absolute atomic E-state index is 0.0360. The van der Waals surface area contributed by atoms with Gasteiger partial charge in [-0.25, -0.2) is 0 Å². The van der Waals surface area contributed by atoms with E-state index in [4.69, 9.17) is 9.72 Å². The van der Waals surface area contributed by atoms with Gasteiger partial charge in [0, 0.05) is 29.7 Å². The van der Waals surface area contributed by atoms with E-state index in [2.05, 4.69) is 46.6 Å². The number of fused-ring (bicyclic) bond motifs is 2. The number of hydrogen-bond donors (Lipinski definition) is 1. The van der Waals surface area contributed by atoms with E-state index in [-0.39, 0.29) is 5.91 Å². The molecule has 0 aliphatic carbocycles. The van der Waals surface area contributed by atoms with Crippen LogP contribution in [0.25, 0.3) is 10.9 Å². The molecule has 5 rings (SSSR count). The van der Waals surface area contributed by atoms with Gasteiger partial charge >= 0.3 is 0 Å². The Hall–Kier alpha value is -2.92. The highest BCUT2D eigenvalue weighted by Crippen LogP contribution is 2.23. The first-order chi connectivity index (χ1) is 16.2. The number of aromatic nitrogens is 1. The van der Waals surface area contributed by atoms with Gasteiger partial charge in [-0.05, 0) is 93.4 Å². The third kappa shape index (κ3) is 5.53. The number of nitrogens with zero attached hydrogens (tertiary/aromatic N) is 2. The number of rotatable bonds is 7. The number of amides is 1. The molecule has 5 heteroatoms. The van der Waals surface area contributed by atoms with Gasteiger partial charge in [0.15, 0.2) is 0 Å². The van der Waals surface area contributed by atoms with Crippen LogP contribution in [0.5, 0.6) is 5.75 Å². The molecule has 0 unspecified atom stereocenters. The molecule has 2 aromatic carbocycles. The largest absolute Gasteiger partial charge is 0.494 e. The van der Waals surface area contributed by atoms with Crippen molar-refractivity contribution < 1.29 is 9.53 Å². The summed E-state index contributed by atoms with van der Waals surface area (Å²) in [5, 5.41) is 4.16. The Morgan fingerprint density at radius 2 is 1.94 bits per heavy atom. The molecule has 0 bridgehead atoms. The van der Waals surface area contributed by atoms with Crippen molar-refractivity contribution in [3.05, 3.63) is 71.4 Å². The molecule has 1 amide bonds. The van der Waals surface area contributed by atoms with Gasteiger partial charge in [-0.15, -0.1) is 0 Å². The summed E-state index contributed by atoms with van der Waals surface area (Å²) in [4.78, 5) is 19.5. The number of benzene rings is 2. The van der Waals surface area contributed by atoms with E-state index in [1.165, 1.54) is 23.9 Å². The highest BCUT2D eigenvalue weighted by molar-refractivity contribution is 5.96. The molecule has 0 radical (unpaired) electrons. The summed E-state index contributed by atoms with van der Waals surface area (Å²) in [5.74, 6) is 1.64. The third-order valence-electron chi connectivity index (χ3n) is 6.98. The van der Waals surface area contributed by atoms with Crippen LogP contribution in [-0.2, 0) is 12.8 Å². The van der Waals surface area contributed by atoms with Crippen molar-refractivity contribution in [1.82, 2.24) is 15.2 Å². The summed E-state index contributed by atoms with van der Waals surface area (Å²) in [5.41, 5.74) is 4.22. The highest BCUT2D eigenvalue weighted by Gasteiger charge is 2.20. The molecule has 2 aliphatic heterocycles. The summed E-state index contributed by atoms with van der Waals surface area (Å²) < 4.78 is 6.01. The second kappa shape index (κ2) is 10.3. The highest BCUT2D eigenvalue weighted by atomic mass is 16.5. The Morgan fingerprint density at radius 1 is 1.06 bits per heavy atom. The second-order valence-electron chi connectivity index (χ2n) is 9.36. The normalized spacial score (nSPS) is 17.4. The van der Waals surface area contributed by atoms with Gasteiger partial charge < -0.3 is 15.0 Å². The summed E-state index contributed by atoms with van der Waals surface area (Å²) >= 11 is 0. The maximum absolute atomic E-state index is 12.1. The number of piperidine rings is 1. The number of hydrogen-bond acceptors (Lipinski definition) is 4. The van der Waals surface area contributed by atoms with Gasteiger partial charge in [0.2, 0.25) is 0 Å². The quantitative estimate of drug-likeness (QED) is 0.541. The number of carbonyl (C=O) groups excluding carboxylic acids is 1. The van der Waals surface area contributed by atoms with Crippen LogP contribution in [0.2, 0.25) is 0 Å². The second-order valence-corrected chi connectivity index (χ2v) is 9.36. The van der Waals surface area contributed by atoms with E-state index < -0.39 is 0 Å². The fourth-order valence-corrected chi connectivity index (χ4v) is 5.07. The van der Waals surface area contributed by atoms with E-state index in [0.717, 1.165) is 80.2 Å². The molecule has 1 aromatic heterocycles. The minimum Gasteiger partial charge on any atom is -0.494 e. The molecule has 3 heterocycles. The summed E-state index contributed by atoms with van der Waals surface area (Å²) in [6.07, 6.45) is 6.49. The number of nitrogens with one attached hydrogen (secondary N) is 1. The lowest BCUT2D eigenvalue weighted by molar-refractivity contribution is 0.0956. The molecular formula is C28H33N3O2. The Bertz CT molecular complexity index is 1110. The zero-order valence-corrected chi connectivity index (χ0v) is 19.3. The molecule has 33 heavy (non-hydrogen) atoms. The predicted octanol–water partition coefficient (Wildman–Crippen LogP) is 4.63. The van der Waals surface area contributed by atoms with Gasteiger partial charge in [-0.3, -0.25) is 9.78 Å². The zero-order valence-electron chi connectivity index (χ0n) is 19.3. The van der Waals surface area contributed by atoms with Gasteiger partial charge in [-0.2, -0.15) is 0 Å². The number of pyridine rings is 1. The fraction of sp³-hybridized carbons (Fsp3) is 0.429. The molecule has 2 aliphatic rings. The van der Waals surface area contributed by atoms with Crippen LogP contribution < -0.4 is 10.1 Å². The molecule has 0 saturated carbocycles. The molecule has 1 saturated heterocycles. The fourth-order valence-electron chi connectivity index (χ4n) is 5.07. The number of para-hydroxylation sites is 1. The van der Waals surface area contributed by atoms with Crippen LogP contribution in [0.15, 0.2) is 54.6 Å². The lowest BCUT2D eigenvalue weighted by Crippen LogP contribution is -2.35. The average molecular weight is 444 g/mol. The number of aryl methyl sites for hydroxylation is 1. The first kappa shape index (κ1) is 21.9. The Labute approximate surface area is 196 Å². The van der Waals surface area contributed by atoms with Crippen molar-refractivity contribution in [1.29, 1.82) is 0 Å². The van der Waals surface area contributed by atoms with Crippen LogP contribution in [0, 0.1) is 5.92 Å². The van der Waals surface area contributed by atoms with Gasteiger partial charge in [0.25, 0.3) is 5.91 Å². The Balaban J connectivity index is 1.04. The van der Waals surface area contributed by atoms with Crippen molar-refractivity contribution in [3.8, 4) is 5.75 Å². The standard InChI is InChI=1S/C28H33N3O2/c32-28-26-11-10-25(20-23(26)6-3-14-29-28)33-18-4-15-31-16-12-21(13-17-31)19-24-9-8-22-5-1-2-7-27(22)30-24/h1-2,5,7-11,20-21H,3-4,6,12-19H2,(H,29,32). The molecule has 1 N–H and O–H groups in total. The summed E-state index contributed by atoms with van der Waals surface area (Å²) in [6.45, 7) is 4.86. The van der Waals surface area contributed by atoms with Crippen LogP contribution in [0.4, 0.5) is 0 Å². The minimum atomic E-state index is 0.0360. The van der Waals surface area contributed by atoms with Gasteiger partial charge in [0.05, 0.1) is 12.1 Å². The molecule has 0 atom stereocenters. The molecule has 172 valence electrons. The van der Waals surface area contributed by atoms with E-state index >= 15 is 0 Å². The van der Waals surface area contributed by atoms with Crippen molar-refractivity contribution in [3.63, 3.8) is 0 Å². The Kier molecular flexibility index (Phi) is 6.87. The molecular weight excluding hydrogens is 410 g/mol. The average Bonchev–Trinajstić information content (AvgIpc) is 3.03. The van der Waals surface area contributed by atoms with Crippen molar-refractivity contribution in [2.45, 2.75) is 38.5 Å². The van der Waals surface area contributed by atoms with Gasteiger partial charge in [-0.1, -0.05) is 24.3 Å². The molecule has 3 aromatic rings. The molecule has 0 spiro atoms. The topological polar surface area (TPSA) is 54.5 Å². The van der Waals surface area contributed by atoms with E-state index in [9.17, 15) is 4.79 Å². The van der Waals surface area contributed by atoms with Crippen LogP contribution >= 0.6 is 0 Å². The summed E-state index contributed by atoms with van der Waals surface area (Å²) in [6, 6.07) is 18.6. The van der Waals surface area contributed by atoms with E-state index in [1.807, 2.05) is 18.2 Å². The SMILES string of the molecule is O=C1NCCCc2cc(OCCCN3CCC(Cc4ccc5ccccc5n4)CC3)ccc21. The lowest BCUT2D eigenvalue weighted by Gasteiger charge is -2.31.